The highest BCUT2D eigenvalue weighted by molar-refractivity contribution is 5.26. The maximum atomic E-state index is 10.5. The number of aliphatic hydroxyl groups excluding tert-OH is 1. The molecule has 2 rings (SSSR count). The number of benzene rings is 1. The van der Waals surface area contributed by atoms with E-state index in [1.54, 1.807) is 0 Å². The molecule has 0 amide bonds. The van der Waals surface area contributed by atoms with Crippen LogP contribution in [0.4, 0.5) is 0 Å². The van der Waals surface area contributed by atoms with Crippen molar-refractivity contribution in [3.8, 4) is 0 Å². The van der Waals surface area contributed by atoms with Crippen LogP contribution in [0.1, 0.15) is 122 Å². The molecule has 0 radical (unpaired) electrons. The predicted octanol–water partition coefficient (Wildman–Crippen LogP) is 7.21. The minimum Gasteiger partial charge on any atom is -0.392 e. The van der Waals surface area contributed by atoms with E-state index in [0.29, 0.717) is 6.54 Å². The molecule has 1 unspecified atom stereocenters. The van der Waals surface area contributed by atoms with Crippen molar-refractivity contribution in [1.82, 2.24) is 4.90 Å². The standard InChI is InChI=1S/C30H54N2O/c1-2-3-4-5-6-7-8-9-10-11-12-13-14-18-21-29(33)26-32-24-22-30(27-31,23-25-32)28-19-16-15-17-20-28/h15-17,19-20,29,33H,2-14,18,21-27,31H2,1H3. The van der Waals surface area contributed by atoms with Gasteiger partial charge in [0.05, 0.1) is 6.10 Å². The summed E-state index contributed by atoms with van der Waals surface area (Å²) in [4.78, 5) is 2.45. The Balaban J connectivity index is 1.43. The Hall–Kier alpha value is -0.900. The van der Waals surface area contributed by atoms with Crippen molar-refractivity contribution < 1.29 is 5.11 Å². The number of piperidine rings is 1. The van der Waals surface area contributed by atoms with E-state index < -0.39 is 0 Å². The number of nitrogens with zero attached hydrogens (tertiary/aromatic N) is 1. The number of likely N-dealkylation sites (tertiary alicyclic amines) is 1. The third-order valence-corrected chi connectivity index (χ3v) is 7.95. The summed E-state index contributed by atoms with van der Waals surface area (Å²) in [6.45, 7) is 5.92. The van der Waals surface area contributed by atoms with Gasteiger partial charge in [0.2, 0.25) is 0 Å². The Bertz CT molecular complexity index is 568. The van der Waals surface area contributed by atoms with Gasteiger partial charge in [-0.2, -0.15) is 0 Å². The van der Waals surface area contributed by atoms with Gasteiger partial charge in [0.25, 0.3) is 0 Å². The van der Waals surface area contributed by atoms with Gasteiger partial charge < -0.3 is 15.7 Å². The van der Waals surface area contributed by atoms with Crippen molar-refractivity contribution in [2.75, 3.05) is 26.2 Å². The van der Waals surface area contributed by atoms with E-state index in [2.05, 4.69) is 42.2 Å². The molecule has 0 aliphatic carbocycles. The lowest BCUT2D eigenvalue weighted by Crippen LogP contribution is -2.48. The van der Waals surface area contributed by atoms with E-state index >= 15 is 0 Å². The Labute approximate surface area is 205 Å². The van der Waals surface area contributed by atoms with Gasteiger partial charge in [0, 0.05) is 18.5 Å². The second-order valence-corrected chi connectivity index (χ2v) is 10.7. The topological polar surface area (TPSA) is 49.5 Å². The van der Waals surface area contributed by atoms with Gasteiger partial charge in [-0.1, -0.05) is 127 Å². The van der Waals surface area contributed by atoms with Crippen molar-refractivity contribution in [3.63, 3.8) is 0 Å². The number of hydrogen-bond donors (Lipinski definition) is 2. The van der Waals surface area contributed by atoms with Crippen molar-refractivity contribution in [2.24, 2.45) is 5.73 Å². The molecule has 1 saturated heterocycles. The first-order chi connectivity index (χ1) is 16.2. The van der Waals surface area contributed by atoms with E-state index in [1.807, 2.05) is 0 Å². The minimum absolute atomic E-state index is 0.122. The quantitative estimate of drug-likeness (QED) is 0.215. The number of rotatable bonds is 19. The Morgan fingerprint density at radius 3 is 1.76 bits per heavy atom. The maximum Gasteiger partial charge on any atom is 0.0667 e. The van der Waals surface area contributed by atoms with Gasteiger partial charge in [0.1, 0.15) is 0 Å². The van der Waals surface area contributed by atoms with Gasteiger partial charge in [0.15, 0.2) is 0 Å². The molecular formula is C30H54N2O. The summed E-state index contributed by atoms with van der Waals surface area (Å²) >= 11 is 0. The number of nitrogens with two attached hydrogens (primary N) is 1. The lowest BCUT2D eigenvalue weighted by molar-refractivity contribution is 0.0760. The summed E-state index contributed by atoms with van der Waals surface area (Å²) in [7, 11) is 0. The first kappa shape index (κ1) is 28.3. The van der Waals surface area contributed by atoms with Crippen LogP contribution in [0, 0.1) is 0 Å². The fourth-order valence-corrected chi connectivity index (χ4v) is 5.53. The third-order valence-electron chi connectivity index (χ3n) is 7.95. The molecule has 3 nitrogen and oxygen atoms in total. The summed E-state index contributed by atoms with van der Waals surface area (Å²) in [6.07, 6.45) is 22.3. The van der Waals surface area contributed by atoms with Gasteiger partial charge in [-0.3, -0.25) is 0 Å². The highest BCUT2D eigenvalue weighted by atomic mass is 16.3. The van der Waals surface area contributed by atoms with E-state index in [-0.39, 0.29) is 11.5 Å². The molecule has 1 aromatic rings. The van der Waals surface area contributed by atoms with E-state index in [9.17, 15) is 5.11 Å². The molecule has 3 N–H and O–H groups in total. The van der Waals surface area contributed by atoms with Crippen LogP contribution in [-0.2, 0) is 5.41 Å². The molecule has 1 aliphatic rings. The van der Waals surface area contributed by atoms with Crippen LogP contribution in [0.3, 0.4) is 0 Å². The molecule has 1 aliphatic heterocycles. The highest BCUT2D eigenvalue weighted by Gasteiger charge is 2.35. The molecule has 0 spiro atoms. The molecule has 0 aromatic heterocycles. The Morgan fingerprint density at radius 2 is 1.27 bits per heavy atom. The van der Waals surface area contributed by atoms with Crippen molar-refractivity contribution in [2.45, 2.75) is 128 Å². The lowest BCUT2D eigenvalue weighted by Gasteiger charge is -2.42. The van der Waals surface area contributed by atoms with Gasteiger partial charge in [-0.25, -0.2) is 0 Å². The Morgan fingerprint density at radius 1 is 0.788 bits per heavy atom. The highest BCUT2D eigenvalue weighted by Crippen LogP contribution is 2.34. The molecule has 190 valence electrons. The molecule has 0 saturated carbocycles. The molecule has 0 bridgehead atoms. The molecule has 1 atom stereocenters. The smallest absolute Gasteiger partial charge is 0.0667 e. The summed E-state index contributed by atoms with van der Waals surface area (Å²) in [6, 6.07) is 10.8. The maximum absolute atomic E-state index is 10.5. The molecule has 33 heavy (non-hydrogen) atoms. The van der Waals surface area contributed by atoms with E-state index in [1.165, 1.54) is 95.5 Å². The van der Waals surface area contributed by atoms with Crippen molar-refractivity contribution >= 4 is 0 Å². The zero-order valence-electron chi connectivity index (χ0n) is 21.8. The second-order valence-electron chi connectivity index (χ2n) is 10.7. The first-order valence-corrected chi connectivity index (χ1v) is 14.4. The average molecular weight is 459 g/mol. The molecule has 1 heterocycles. The van der Waals surface area contributed by atoms with Gasteiger partial charge in [-0.05, 0) is 37.9 Å². The fourth-order valence-electron chi connectivity index (χ4n) is 5.53. The zero-order valence-corrected chi connectivity index (χ0v) is 21.8. The van der Waals surface area contributed by atoms with Crippen LogP contribution in [0.25, 0.3) is 0 Å². The van der Waals surface area contributed by atoms with Gasteiger partial charge in [-0.15, -0.1) is 0 Å². The second kappa shape index (κ2) is 17.5. The van der Waals surface area contributed by atoms with Gasteiger partial charge >= 0.3 is 0 Å². The normalized spacial score (nSPS) is 17.3. The molecular weight excluding hydrogens is 404 g/mol. The summed E-state index contributed by atoms with van der Waals surface area (Å²) in [5.74, 6) is 0. The third kappa shape index (κ3) is 11.4. The summed E-state index contributed by atoms with van der Waals surface area (Å²) in [5.41, 5.74) is 7.72. The van der Waals surface area contributed by atoms with E-state index in [4.69, 9.17) is 5.73 Å². The van der Waals surface area contributed by atoms with Crippen LogP contribution >= 0.6 is 0 Å². The lowest BCUT2D eigenvalue weighted by atomic mass is 9.73. The number of β-amino-alcohol motifs (C(OH)–C–C–N with tert-alkyl or cyclic N) is 1. The summed E-state index contributed by atoms with van der Waals surface area (Å²) < 4.78 is 0. The molecule has 1 fully saturated rings. The van der Waals surface area contributed by atoms with E-state index in [0.717, 1.165) is 38.9 Å². The SMILES string of the molecule is CCCCCCCCCCCCCCCCC(O)CN1CCC(CN)(c2ccccc2)CC1. The monoisotopic (exact) mass is 458 g/mol. The average Bonchev–Trinajstić information content (AvgIpc) is 2.85. The van der Waals surface area contributed by atoms with Crippen LogP contribution in [0.2, 0.25) is 0 Å². The number of unbranched alkanes of at least 4 members (excludes halogenated alkanes) is 13. The zero-order chi connectivity index (χ0) is 23.6. The first-order valence-electron chi connectivity index (χ1n) is 14.4. The van der Waals surface area contributed by atoms with Crippen molar-refractivity contribution in [1.29, 1.82) is 0 Å². The Kier molecular flexibility index (Phi) is 15.0. The predicted molar refractivity (Wildman–Crippen MR) is 144 cm³/mol. The van der Waals surface area contributed by atoms with Crippen LogP contribution in [0.5, 0.6) is 0 Å². The van der Waals surface area contributed by atoms with Crippen LogP contribution in [0.15, 0.2) is 30.3 Å². The van der Waals surface area contributed by atoms with Crippen LogP contribution < -0.4 is 5.73 Å². The summed E-state index contributed by atoms with van der Waals surface area (Å²) in [5, 5.41) is 10.5. The fraction of sp³-hybridized carbons (Fsp3) is 0.800. The number of aliphatic hydroxyl groups is 1. The molecule has 3 heteroatoms. The minimum atomic E-state index is -0.176. The number of hydrogen-bond acceptors (Lipinski definition) is 3. The largest absolute Gasteiger partial charge is 0.392 e. The van der Waals surface area contributed by atoms with Crippen LogP contribution in [-0.4, -0.2) is 42.3 Å². The molecule has 1 aromatic carbocycles. The van der Waals surface area contributed by atoms with Crippen molar-refractivity contribution in [3.05, 3.63) is 35.9 Å².